The molecule has 0 unspecified atom stereocenters. The minimum atomic E-state index is -0.122. The third kappa shape index (κ3) is 4.51. The number of carbonyl (C=O) groups is 1. The number of hydrogen-bond acceptors (Lipinski definition) is 4. The Kier molecular flexibility index (Phi) is 5.96. The number of carbonyl (C=O) groups excluding carboxylic acids is 1. The van der Waals surface area contributed by atoms with E-state index in [2.05, 4.69) is 9.88 Å². The summed E-state index contributed by atoms with van der Waals surface area (Å²) in [5, 5.41) is 1.89. The quantitative estimate of drug-likeness (QED) is 0.615. The average molecular weight is 415 g/mol. The van der Waals surface area contributed by atoms with Gasteiger partial charge in [-0.1, -0.05) is 18.2 Å². The van der Waals surface area contributed by atoms with Crippen molar-refractivity contribution in [3.8, 4) is 0 Å². The van der Waals surface area contributed by atoms with E-state index in [0.29, 0.717) is 11.6 Å². The maximum Gasteiger partial charge on any atom is 0.271 e. The van der Waals surface area contributed by atoms with Crippen LogP contribution >= 0.6 is 11.3 Å². The first-order chi connectivity index (χ1) is 14.0. The van der Waals surface area contributed by atoms with E-state index in [1.54, 1.807) is 6.07 Å². The van der Waals surface area contributed by atoms with Gasteiger partial charge in [-0.2, -0.15) is 0 Å². The molecule has 2 aromatic heterocycles. The molecule has 1 saturated heterocycles. The van der Waals surface area contributed by atoms with Crippen molar-refractivity contribution in [1.82, 2.24) is 19.2 Å². The molecule has 1 fully saturated rings. The Morgan fingerprint density at radius 2 is 2.21 bits per heavy atom. The van der Waals surface area contributed by atoms with Gasteiger partial charge in [0.15, 0.2) is 4.96 Å². The molecule has 29 heavy (non-hydrogen) atoms. The second kappa shape index (κ2) is 8.63. The number of piperidine rings is 1. The fourth-order valence-electron chi connectivity index (χ4n) is 4.20. The van der Waals surface area contributed by atoms with Gasteiger partial charge in [0.1, 0.15) is 11.5 Å². The molecule has 1 aromatic carbocycles. The van der Waals surface area contributed by atoms with Crippen molar-refractivity contribution in [2.45, 2.75) is 26.2 Å². The number of imidazole rings is 1. The lowest BCUT2D eigenvalue weighted by Crippen LogP contribution is -2.42. The number of likely N-dealkylation sites (tertiary alicyclic amines) is 1. The standard InChI is InChI=1S/C22H27FN4OS/c1-16-12-27-20(15-29-22(27)24-16)21(28)25(2)13-17-6-5-10-26(14-17)11-9-18-7-3-4-8-19(18)23/h3-4,7-8,12,15,17H,5-6,9-11,13-14H2,1-2H3/t17-/m1/s1. The summed E-state index contributed by atoms with van der Waals surface area (Å²) >= 11 is 1.50. The fraction of sp³-hybridized carbons (Fsp3) is 0.455. The number of fused-ring (bicyclic) bond motifs is 1. The molecular weight excluding hydrogens is 387 g/mol. The highest BCUT2D eigenvalue weighted by Crippen LogP contribution is 2.21. The lowest BCUT2D eigenvalue weighted by atomic mass is 9.97. The highest BCUT2D eigenvalue weighted by Gasteiger charge is 2.24. The molecule has 0 spiro atoms. The first-order valence-corrected chi connectivity index (χ1v) is 11.0. The number of rotatable bonds is 6. The van der Waals surface area contributed by atoms with Gasteiger partial charge in [0, 0.05) is 38.3 Å². The van der Waals surface area contributed by atoms with Gasteiger partial charge in [-0.15, -0.1) is 11.3 Å². The van der Waals surface area contributed by atoms with Gasteiger partial charge in [0.25, 0.3) is 5.91 Å². The number of nitrogens with zero attached hydrogens (tertiary/aromatic N) is 4. The molecule has 7 heteroatoms. The monoisotopic (exact) mass is 414 g/mol. The Morgan fingerprint density at radius 1 is 1.38 bits per heavy atom. The van der Waals surface area contributed by atoms with Crippen LogP contribution in [0.25, 0.3) is 4.96 Å². The summed E-state index contributed by atoms with van der Waals surface area (Å²) in [6.45, 7) is 5.53. The molecule has 0 radical (unpaired) electrons. The van der Waals surface area contributed by atoms with Crippen LogP contribution in [-0.2, 0) is 6.42 Å². The normalized spacial score (nSPS) is 17.7. The van der Waals surface area contributed by atoms with E-state index in [9.17, 15) is 9.18 Å². The third-order valence-electron chi connectivity index (χ3n) is 5.69. The molecule has 154 valence electrons. The Morgan fingerprint density at radius 3 is 3.03 bits per heavy atom. The minimum absolute atomic E-state index is 0.0390. The van der Waals surface area contributed by atoms with Crippen molar-refractivity contribution in [3.05, 3.63) is 58.6 Å². The van der Waals surface area contributed by atoms with Crippen molar-refractivity contribution in [2.24, 2.45) is 5.92 Å². The summed E-state index contributed by atoms with van der Waals surface area (Å²) in [4.78, 5) is 22.5. The minimum Gasteiger partial charge on any atom is -0.340 e. The lowest BCUT2D eigenvalue weighted by Gasteiger charge is -2.34. The molecule has 5 nitrogen and oxygen atoms in total. The Labute approximate surface area is 174 Å². The highest BCUT2D eigenvalue weighted by molar-refractivity contribution is 7.15. The van der Waals surface area contributed by atoms with Gasteiger partial charge in [0.05, 0.1) is 5.69 Å². The van der Waals surface area contributed by atoms with Crippen LogP contribution in [0.3, 0.4) is 0 Å². The molecule has 0 aliphatic carbocycles. The molecule has 3 heterocycles. The van der Waals surface area contributed by atoms with Crippen LogP contribution in [0.2, 0.25) is 0 Å². The molecule has 1 amide bonds. The topological polar surface area (TPSA) is 40.9 Å². The average Bonchev–Trinajstić information content (AvgIpc) is 3.26. The highest BCUT2D eigenvalue weighted by atomic mass is 32.1. The van der Waals surface area contributed by atoms with E-state index in [1.165, 1.54) is 17.4 Å². The molecule has 0 saturated carbocycles. The van der Waals surface area contributed by atoms with Crippen molar-refractivity contribution in [2.75, 3.05) is 33.2 Å². The van der Waals surface area contributed by atoms with Gasteiger partial charge >= 0.3 is 0 Å². The van der Waals surface area contributed by atoms with E-state index in [4.69, 9.17) is 0 Å². The van der Waals surface area contributed by atoms with Crippen molar-refractivity contribution in [3.63, 3.8) is 0 Å². The van der Waals surface area contributed by atoms with Gasteiger partial charge < -0.3 is 9.80 Å². The number of aromatic nitrogens is 2. The molecule has 0 bridgehead atoms. The Balaban J connectivity index is 1.33. The summed E-state index contributed by atoms with van der Waals surface area (Å²) in [7, 11) is 1.88. The number of hydrogen-bond donors (Lipinski definition) is 0. The number of benzene rings is 1. The fourth-order valence-corrected chi connectivity index (χ4v) is 5.09. The van der Waals surface area contributed by atoms with Crippen molar-refractivity contribution >= 4 is 22.2 Å². The van der Waals surface area contributed by atoms with Gasteiger partial charge in [0.2, 0.25) is 0 Å². The Hall–Kier alpha value is -2.25. The molecule has 1 aliphatic rings. The molecule has 1 atom stereocenters. The van der Waals surface area contributed by atoms with Gasteiger partial charge in [-0.05, 0) is 50.3 Å². The molecule has 0 N–H and O–H groups in total. The smallest absolute Gasteiger partial charge is 0.271 e. The van der Waals surface area contributed by atoms with Crippen LogP contribution in [0, 0.1) is 18.7 Å². The first kappa shape index (κ1) is 20.0. The molecule has 4 rings (SSSR count). The lowest BCUT2D eigenvalue weighted by molar-refractivity contribution is 0.0724. The molecular formula is C22H27FN4OS. The zero-order valence-electron chi connectivity index (χ0n) is 17.0. The number of thiazole rings is 1. The van der Waals surface area contributed by atoms with Crippen LogP contribution < -0.4 is 0 Å². The van der Waals surface area contributed by atoms with Crippen molar-refractivity contribution < 1.29 is 9.18 Å². The summed E-state index contributed by atoms with van der Waals surface area (Å²) in [6, 6.07) is 7.01. The van der Waals surface area contributed by atoms with Crippen LogP contribution in [0.4, 0.5) is 4.39 Å². The van der Waals surface area contributed by atoms with E-state index in [-0.39, 0.29) is 11.7 Å². The zero-order valence-corrected chi connectivity index (χ0v) is 17.8. The van der Waals surface area contributed by atoms with Crippen LogP contribution in [-0.4, -0.2) is 58.3 Å². The van der Waals surface area contributed by atoms with E-state index < -0.39 is 0 Å². The predicted octanol–water partition coefficient (Wildman–Crippen LogP) is 3.87. The van der Waals surface area contributed by atoms with Crippen LogP contribution in [0.15, 0.2) is 35.8 Å². The second-order valence-electron chi connectivity index (χ2n) is 7.99. The summed E-state index contributed by atoms with van der Waals surface area (Å²) in [6.07, 6.45) is 4.88. The SMILES string of the molecule is Cc1cn2c(C(=O)N(C)C[C@H]3CCCN(CCc4ccccc4F)C3)csc2n1. The molecule has 3 aromatic rings. The van der Waals surface area contributed by atoms with E-state index in [0.717, 1.165) is 61.7 Å². The Bertz CT molecular complexity index is 998. The van der Waals surface area contributed by atoms with Crippen LogP contribution in [0.5, 0.6) is 0 Å². The van der Waals surface area contributed by atoms with E-state index in [1.807, 2.05) is 47.0 Å². The third-order valence-corrected chi connectivity index (χ3v) is 6.53. The van der Waals surface area contributed by atoms with E-state index >= 15 is 0 Å². The maximum atomic E-state index is 13.9. The second-order valence-corrected chi connectivity index (χ2v) is 8.83. The predicted molar refractivity (Wildman–Crippen MR) is 114 cm³/mol. The maximum absolute atomic E-state index is 13.9. The number of amides is 1. The van der Waals surface area contributed by atoms with Gasteiger partial charge in [-0.25, -0.2) is 9.37 Å². The number of aryl methyl sites for hydroxylation is 1. The summed E-state index contributed by atoms with van der Waals surface area (Å²) < 4.78 is 15.7. The summed E-state index contributed by atoms with van der Waals surface area (Å²) in [5.74, 6) is 0.359. The van der Waals surface area contributed by atoms with Crippen LogP contribution in [0.1, 0.15) is 34.6 Å². The molecule has 1 aliphatic heterocycles. The van der Waals surface area contributed by atoms with Crippen molar-refractivity contribution in [1.29, 1.82) is 0 Å². The number of halogens is 1. The first-order valence-electron chi connectivity index (χ1n) is 10.2. The summed E-state index contributed by atoms with van der Waals surface area (Å²) in [5.41, 5.74) is 2.38. The van der Waals surface area contributed by atoms with Gasteiger partial charge in [-0.3, -0.25) is 9.20 Å². The largest absolute Gasteiger partial charge is 0.340 e. The zero-order chi connectivity index (χ0) is 20.4.